The Balaban J connectivity index is 1.75. The van der Waals surface area contributed by atoms with Crippen LogP contribution in [0.5, 0.6) is 0 Å². The Bertz CT molecular complexity index is 1110. The highest BCUT2D eigenvalue weighted by molar-refractivity contribution is 9.10. The van der Waals surface area contributed by atoms with Gasteiger partial charge in [0.1, 0.15) is 0 Å². The molecule has 0 heterocycles. The molecular formula is C27H21Br. The van der Waals surface area contributed by atoms with E-state index in [1.165, 1.54) is 33.4 Å². The first-order valence-corrected chi connectivity index (χ1v) is 10.2. The molecule has 0 amide bonds. The minimum Gasteiger partial charge on any atom is -0.0984 e. The molecule has 0 fully saturated rings. The minimum atomic E-state index is 0.884. The molecule has 0 unspecified atom stereocenters. The Kier molecular flexibility index (Phi) is 5.55. The molecule has 0 radical (unpaired) electrons. The van der Waals surface area contributed by atoms with E-state index < -0.39 is 0 Å². The van der Waals surface area contributed by atoms with E-state index in [1.807, 2.05) is 6.08 Å². The van der Waals surface area contributed by atoms with Crippen LogP contribution in [-0.2, 0) is 6.42 Å². The summed E-state index contributed by atoms with van der Waals surface area (Å²) in [5.74, 6) is 0. The molecule has 0 saturated heterocycles. The lowest BCUT2D eigenvalue weighted by molar-refractivity contribution is 1.19. The van der Waals surface area contributed by atoms with E-state index in [9.17, 15) is 0 Å². The Labute approximate surface area is 175 Å². The third-order valence-electron chi connectivity index (χ3n) is 4.97. The highest BCUT2D eigenvalue weighted by Crippen LogP contribution is 2.32. The summed E-state index contributed by atoms with van der Waals surface area (Å²) >= 11 is 3.64. The summed E-state index contributed by atoms with van der Waals surface area (Å²) in [5.41, 5.74) is 8.73. The molecule has 0 saturated carbocycles. The van der Waals surface area contributed by atoms with Gasteiger partial charge in [0.15, 0.2) is 0 Å². The second-order valence-corrected chi connectivity index (χ2v) is 7.75. The number of halogens is 1. The SMILES string of the molecule is C=Cc1ccccc1-c1cc(Br)ccc1Cc1cccc(-c2ccccc2)c1. The Hall–Kier alpha value is -2.90. The van der Waals surface area contributed by atoms with Crippen molar-refractivity contribution >= 4 is 22.0 Å². The quantitative estimate of drug-likeness (QED) is 0.304. The standard InChI is InChI=1S/C27H21Br/c1-2-21-10-6-7-14-26(21)27-19-25(28)16-15-24(27)18-20-9-8-13-23(17-20)22-11-4-3-5-12-22/h2-17,19H,1,18H2. The third-order valence-corrected chi connectivity index (χ3v) is 5.46. The normalized spacial score (nSPS) is 10.6. The molecule has 28 heavy (non-hydrogen) atoms. The molecule has 1 heteroatoms. The fraction of sp³-hybridized carbons (Fsp3) is 0.0370. The van der Waals surface area contributed by atoms with Crippen molar-refractivity contribution in [3.05, 3.63) is 125 Å². The molecule has 0 nitrogen and oxygen atoms in total. The van der Waals surface area contributed by atoms with Gasteiger partial charge in [0, 0.05) is 4.47 Å². The summed E-state index contributed by atoms with van der Waals surface area (Å²) in [7, 11) is 0. The molecule has 0 atom stereocenters. The molecule has 0 aliphatic carbocycles. The molecule has 0 spiro atoms. The second-order valence-electron chi connectivity index (χ2n) is 6.84. The zero-order valence-corrected chi connectivity index (χ0v) is 17.2. The maximum absolute atomic E-state index is 3.99. The molecular weight excluding hydrogens is 404 g/mol. The topological polar surface area (TPSA) is 0 Å². The molecule has 0 N–H and O–H groups in total. The molecule has 136 valence electrons. The van der Waals surface area contributed by atoms with Gasteiger partial charge in [-0.1, -0.05) is 114 Å². The van der Waals surface area contributed by atoms with E-state index in [1.54, 1.807) is 0 Å². The van der Waals surface area contributed by atoms with Crippen molar-refractivity contribution in [1.29, 1.82) is 0 Å². The lowest BCUT2D eigenvalue weighted by Crippen LogP contribution is -1.94. The largest absolute Gasteiger partial charge is 0.0984 e. The Morgan fingerprint density at radius 1 is 0.679 bits per heavy atom. The zero-order chi connectivity index (χ0) is 19.3. The van der Waals surface area contributed by atoms with Crippen molar-refractivity contribution < 1.29 is 0 Å². The molecule has 4 aromatic carbocycles. The highest BCUT2D eigenvalue weighted by atomic mass is 79.9. The number of rotatable bonds is 5. The predicted octanol–water partition coefficient (Wildman–Crippen LogP) is 8.02. The van der Waals surface area contributed by atoms with Crippen molar-refractivity contribution in [1.82, 2.24) is 0 Å². The van der Waals surface area contributed by atoms with Crippen molar-refractivity contribution in [2.45, 2.75) is 6.42 Å². The van der Waals surface area contributed by atoms with Crippen LogP contribution < -0.4 is 0 Å². The Morgan fingerprint density at radius 3 is 2.25 bits per heavy atom. The van der Waals surface area contributed by atoms with Gasteiger partial charge in [0.2, 0.25) is 0 Å². The van der Waals surface area contributed by atoms with Crippen LogP contribution in [0.25, 0.3) is 28.3 Å². The molecule has 0 aliphatic rings. The second kappa shape index (κ2) is 8.41. The van der Waals surface area contributed by atoms with Crippen molar-refractivity contribution in [3.8, 4) is 22.3 Å². The van der Waals surface area contributed by atoms with Crippen molar-refractivity contribution in [2.75, 3.05) is 0 Å². The van der Waals surface area contributed by atoms with Crippen LogP contribution in [0.1, 0.15) is 16.7 Å². The number of hydrogen-bond acceptors (Lipinski definition) is 0. The first-order chi connectivity index (χ1) is 13.7. The monoisotopic (exact) mass is 424 g/mol. The zero-order valence-electron chi connectivity index (χ0n) is 15.6. The summed E-state index contributed by atoms with van der Waals surface area (Å²) in [4.78, 5) is 0. The maximum Gasteiger partial charge on any atom is 0.0181 e. The van der Waals surface area contributed by atoms with Gasteiger partial charge in [0.25, 0.3) is 0 Å². The fourth-order valence-corrected chi connectivity index (χ4v) is 3.95. The average Bonchev–Trinajstić information content (AvgIpc) is 2.76. The summed E-state index contributed by atoms with van der Waals surface area (Å²) in [5, 5.41) is 0. The van der Waals surface area contributed by atoms with E-state index in [0.29, 0.717) is 0 Å². The first kappa shape index (κ1) is 18.5. The third kappa shape index (κ3) is 4.00. The van der Waals surface area contributed by atoms with Crippen LogP contribution in [0, 0.1) is 0 Å². The molecule has 0 aliphatic heterocycles. The van der Waals surface area contributed by atoms with Gasteiger partial charge in [0.05, 0.1) is 0 Å². The van der Waals surface area contributed by atoms with Crippen molar-refractivity contribution in [2.24, 2.45) is 0 Å². The van der Waals surface area contributed by atoms with E-state index in [-0.39, 0.29) is 0 Å². The van der Waals surface area contributed by atoms with Crippen LogP contribution in [0.15, 0.2) is 108 Å². The van der Waals surface area contributed by atoms with Crippen LogP contribution in [0.3, 0.4) is 0 Å². The summed E-state index contributed by atoms with van der Waals surface area (Å²) in [6.07, 6.45) is 2.81. The van der Waals surface area contributed by atoms with Crippen LogP contribution >= 0.6 is 15.9 Å². The fourth-order valence-electron chi connectivity index (χ4n) is 3.59. The summed E-state index contributed by atoms with van der Waals surface area (Å²) in [6.45, 7) is 3.99. The van der Waals surface area contributed by atoms with Gasteiger partial charge >= 0.3 is 0 Å². The molecule has 0 bridgehead atoms. The molecule has 0 aromatic heterocycles. The Morgan fingerprint density at radius 2 is 1.43 bits per heavy atom. The number of benzene rings is 4. The van der Waals surface area contributed by atoms with E-state index in [0.717, 1.165) is 16.5 Å². The smallest absolute Gasteiger partial charge is 0.0181 e. The van der Waals surface area contributed by atoms with Crippen molar-refractivity contribution in [3.63, 3.8) is 0 Å². The highest BCUT2D eigenvalue weighted by Gasteiger charge is 2.10. The summed E-state index contributed by atoms with van der Waals surface area (Å²) < 4.78 is 1.09. The average molecular weight is 425 g/mol. The minimum absolute atomic E-state index is 0.884. The van der Waals surface area contributed by atoms with Crippen LogP contribution in [0.4, 0.5) is 0 Å². The lowest BCUT2D eigenvalue weighted by atomic mass is 9.91. The maximum atomic E-state index is 3.99. The first-order valence-electron chi connectivity index (χ1n) is 9.39. The lowest BCUT2D eigenvalue weighted by Gasteiger charge is -2.14. The molecule has 4 rings (SSSR count). The van der Waals surface area contributed by atoms with Gasteiger partial charge in [-0.05, 0) is 57.5 Å². The summed E-state index contributed by atoms with van der Waals surface area (Å²) in [6, 6.07) is 34.3. The van der Waals surface area contributed by atoms with Gasteiger partial charge in [-0.25, -0.2) is 0 Å². The van der Waals surface area contributed by atoms with Crippen LogP contribution in [0.2, 0.25) is 0 Å². The van der Waals surface area contributed by atoms with E-state index in [4.69, 9.17) is 0 Å². The van der Waals surface area contributed by atoms with Gasteiger partial charge in [-0.15, -0.1) is 0 Å². The predicted molar refractivity (Wildman–Crippen MR) is 124 cm³/mol. The van der Waals surface area contributed by atoms with Gasteiger partial charge < -0.3 is 0 Å². The van der Waals surface area contributed by atoms with E-state index >= 15 is 0 Å². The number of hydrogen-bond donors (Lipinski definition) is 0. The van der Waals surface area contributed by atoms with Crippen LogP contribution in [-0.4, -0.2) is 0 Å². The molecule has 4 aromatic rings. The van der Waals surface area contributed by atoms with Gasteiger partial charge in [-0.2, -0.15) is 0 Å². The van der Waals surface area contributed by atoms with Gasteiger partial charge in [-0.3, -0.25) is 0 Å². The van der Waals surface area contributed by atoms with E-state index in [2.05, 4.69) is 120 Å².